The zero-order valence-electron chi connectivity index (χ0n) is 20.4. The van der Waals surface area contributed by atoms with E-state index in [9.17, 15) is 35.9 Å². The maximum absolute atomic E-state index is 13.3. The molecule has 0 bridgehead atoms. The van der Waals surface area contributed by atoms with Gasteiger partial charge in [0.15, 0.2) is 6.10 Å². The van der Waals surface area contributed by atoms with Crippen molar-refractivity contribution in [3.05, 3.63) is 29.3 Å². The Labute approximate surface area is 210 Å². The van der Waals surface area contributed by atoms with Gasteiger partial charge in [0.25, 0.3) is 0 Å². The number of hydrogen-bond donors (Lipinski definition) is 2. The lowest BCUT2D eigenvalue weighted by molar-refractivity contribution is -0.200. The van der Waals surface area contributed by atoms with E-state index in [1.807, 2.05) is 0 Å². The second kappa shape index (κ2) is 11.4. The topological polar surface area (TPSA) is 82.1 Å². The summed E-state index contributed by atoms with van der Waals surface area (Å²) >= 11 is 0. The van der Waals surface area contributed by atoms with Crippen LogP contribution in [0.3, 0.4) is 0 Å². The Hall–Kier alpha value is -2.70. The predicted molar refractivity (Wildman–Crippen MR) is 122 cm³/mol. The van der Waals surface area contributed by atoms with Crippen molar-refractivity contribution in [3.63, 3.8) is 0 Å². The second-order valence-corrected chi connectivity index (χ2v) is 9.60. The van der Waals surface area contributed by atoms with Crippen LogP contribution in [0.25, 0.3) is 0 Å². The molecule has 208 valence electrons. The molecule has 7 nitrogen and oxygen atoms in total. The number of carbonyl (C=O) groups excluding carboxylic acids is 1. The molecule has 2 heterocycles. The minimum absolute atomic E-state index is 0.114. The van der Waals surface area contributed by atoms with Gasteiger partial charge in [-0.2, -0.15) is 26.3 Å². The number of nitrogens with one attached hydrogen (secondary N) is 1. The van der Waals surface area contributed by atoms with E-state index in [4.69, 9.17) is 5.11 Å². The van der Waals surface area contributed by atoms with E-state index in [-0.39, 0.29) is 43.7 Å². The van der Waals surface area contributed by atoms with Crippen LogP contribution in [0.15, 0.2) is 18.2 Å². The number of carbonyl (C=O) groups is 2. The van der Waals surface area contributed by atoms with Crippen molar-refractivity contribution in [2.75, 3.05) is 31.5 Å². The van der Waals surface area contributed by atoms with E-state index in [1.165, 1.54) is 11.0 Å². The van der Waals surface area contributed by atoms with Gasteiger partial charge in [0, 0.05) is 43.8 Å². The van der Waals surface area contributed by atoms with E-state index < -0.39 is 36.1 Å². The second-order valence-electron chi connectivity index (χ2n) is 9.60. The van der Waals surface area contributed by atoms with Crippen LogP contribution >= 0.6 is 0 Å². The lowest BCUT2D eigenvalue weighted by atomic mass is 9.84. The molecule has 1 unspecified atom stereocenters. The third kappa shape index (κ3) is 7.42. The van der Waals surface area contributed by atoms with Crippen molar-refractivity contribution in [1.29, 1.82) is 0 Å². The molecule has 1 aromatic rings. The van der Waals surface area contributed by atoms with Gasteiger partial charge >= 0.3 is 24.4 Å². The van der Waals surface area contributed by atoms with Crippen LogP contribution in [0.4, 0.5) is 36.8 Å². The summed E-state index contributed by atoms with van der Waals surface area (Å²) in [5.41, 5.74) is -0.224. The molecule has 2 N–H and O–H groups in total. The molecule has 2 fully saturated rings. The first kappa shape index (κ1) is 28.9. The van der Waals surface area contributed by atoms with Gasteiger partial charge in [-0.25, -0.2) is 4.79 Å². The van der Waals surface area contributed by atoms with Gasteiger partial charge < -0.3 is 20.1 Å². The fourth-order valence-electron chi connectivity index (χ4n) is 4.93. The van der Waals surface area contributed by atoms with Crippen LogP contribution in [-0.2, 0) is 22.3 Å². The highest BCUT2D eigenvalue weighted by Crippen LogP contribution is 2.41. The van der Waals surface area contributed by atoms with Crippen molar-refractivity contribution >= 4 is 17.7 Å². The van der Waals surface area contributed by atoms with E-state index in [0.717, 1.165) is 31.9 Å². The monoisotopic (exact) mass is 539 g/mol. The Bertz CT molecular complexity index is 961. The normalized spacial score (nSPS) is 19.2. The Balaban J connectivity index is 1.69. The number of halogens is 6. The van der Waals surface area contributed by atoms with Crippen LogP contribution < -0.4 is 5.32 Å². The van der Waals surface area contributed by atoms with E-state index >= 15 is 0 Å². The van der Waals surface area contributed by atoms with E-state index in [0.29, 0.717) is 31.5 Å². The standard InChI is InChI=1S/C24H31F6N3O4/c1-16(23(25,26)27)37-21(36)32-12-8-22(9-13-32)7-3-11-33(22)15-17-5-6-18(24(28,29)30)14-19(17)31-10-2-4-20(34)35/h5-6,14,16,31H,2-4,7-13,15H2,1H3,(H,34,35). The zero-order chi connectivity index (χ0) is 27.4. The minimum Gasteiger partial charge on any atom is -0.481 e. The van der Waals surface area contributed by atoms with Crippen molar-refractivity contribution in [2.45, 2.75) is 76.0 Å². The molecule has 2 aliphatic heterocycles. The van der Waals surface area contributed by atoms with Crippen molar-refractivity contribution in [1.82, 2.24) is 9.80 Å². The molecule has 0 saturated carbocycles. The summed E-state index contributed by atoms with van der Waals surface area (Å²) in [6.07, 6.45) is -9.61. The third-order valence-electron chi connectivity index (χ3n) is 7.11. The van der Waals surface area contributed by atoms with Gasteiger partial charge in [-0.05, 0) is 63.3 Å². The molecule has 0 aromatic heterocycles. The Morgan fingerprint density at radius 2 is 1.78 bits per heavy atom. The summed E-state index contributed by atoms with van der Waals surface area (Å²) in [5.74, 6) is -0.992. The van der Waals surface area contributed by atoms with Crippen LogP contribution in [0, 0.1) is 0 Å². The van der Waals surface area contributed by atoms with Crippen LogP contribution in [0.5, 0.6) is 0 Å². The molecule has 1 amide bonds. The first-order valence-electron chi connectivity index (χ1n) is 12.1. The highest BCUT2D eigenvalue weighted by molar-refractivity contribution is 5.68. The zero-order valence-corrected chi connectivity index (χ0v) is 20.4. The van der Waals surface area contributed by atoms with E-state index in [2.05, 4.69) is 15.0 Å². The maximum atomic E-state index is 13.3. The molecule has 1 atom stereocenters. The summed E-state index contributed by atoms with van der Waals surface area (Å²) in [6, 6.07) is 3.46. The highest BCUT2D eigenvalue weighted by Gasteiger charge is 2.45. The number of carboxylic acid groups (broad SMARTS) is 1. The quantitative estimate of drug-likeness (QED) is 0.336. The number of amides is 1. The first-order valence-corrected chi connectivity index (χ1v) is 12.1. The van der Waals surface area contributed by atoms with Gasteiger partial charge in [-0.1, -0.05) is 6.07 Å². The van der Waals surface area contributed by atoms with Gasteiger partial charge in [-0.3, -0.25) is 9.69 Å². The molecule has 3 rings (SSSR count). The van der Waals surface area contributed by atoms with Crippen molar-refractivity contribution < 1.29 is 45.8 Å². The average molecular weight is 540 g/mol. The van der Waals surface area contributed by atoms with Crippen molar-refractivity contribution in [2.24, 2.45) is 0 Å². The smallest absolute Gasteiger partial charge is 0.425 e. The maximum Gasteiger partial charge on any atom is 0.425 e. The fraction of sp³-hybridized carbons (Fsp3) is 0.667. The minimum atomic E-state index is -4.64. The number of likely N-dealkylation sites (tertiary alicyclic amines) is 2. The number of alkyl halides is 6. The molecule has 0 radical (unpaired) electrons. The predicted octanol–water partition coefficient (Wildman–Crippen LogP) is 5.50. The third-order valence-corrected chi connectivity index (χ3v) is 7.11. The SMILES string of the molecule is CC(OC(=O)N1CCC2(CCCN2Cc2ccc(C(F)(F)F)cc2NCCCC(=O)O)CC1)C(F)(F)F. The van der Waals surface area contributed by atoms with Crippen LogP contribution in [0.1, 0.15) is 56.6 Å². The van der Waals surface area contributed by atoms with Gasteiger partial charge in [0.1, 0.15) is 0 Å². The number of benzene rings is 1. The molecule has 2 saturated heterocycles. The Kier molecular flexibility index (Phi) is 8.86. The number of carboxylic acids is 1. The Morgan fingerprint density at radius 1 is 1.11 bits per heavy atom. The molecule has 2 aliphatic rings. The number of hydrogen-bond acceptors (Lipinski definition) is 5. The number of rotatable bonds is 8. The van der Waals surface area contributed by atoms with Crippen LogP contribution in [-0.4, -0.2) is 71.0 Å². The largest absolute Gasteiger partial charge is 0.481 e. The molecule has 1 spiro atoms. The number of ether oxygens (including phenoxy) is 1. The average Bonchev–Trinajstić information content (AvgIpc) is 3.17. The van der Waals surface area contributed by atoms with Gasteiger partial charge in [-0.15, -0.1) is 0 Å². The summed E-state index contributed by atoms with van der Waals surface area (Å²) in [6.45, 7) is 2.43. The summed E-state index contributed by atoms with van der Waals surface area (Å²) in [5, 5.41) is 11.8. The lowest BCUT2D eigenvalue weighted by Crippen LogP contribution is -2.53. The van der Waals surface area contributed by atoms with Crippen LogP contribution in [0.2, 0.25) is 0 Å². The fourth-order valence-corrected chi connectivity index (χ4v) is 4.93. The molecule has 1 aromatic carbocycles. The lowest BCUT2D eigenvalue weighted by Gasteiger charge is -2.45. The van der Waals surface area contributed by atoms with Gasteiger partial charge in [0.2, 0.25) is 0 Å². The molecular weight excluding hydrogens is 508 g/mol. The summed E-state index contributed by atoms with van der Waals surface area (Å²) in [7, 11) is 0. The Morgan fingerprint density at radius 3 is 2.38 bits per heavy atom. The summed E-state index contributed by atoms with van der Waals surface area (Å²) in [4.78, 5) is 26.4. The molecular formula is C24H31F6N3O4. The molecule has 0 aliphatic carbocycles. The number of piperidine rings is 1. The van der Waals surface area contributed by atoms with Crippen molar-refractivity contribution in [3.8, 4) is 0 Å². The molecule has 37 heavy (non-hydrogen) atoms. The molecule has 13 heteroatoms. The van der Waals surface area contributed by atoms with E-state index in [1.54, 1.807) is 0 Å². The highest BCUT2D eigenvalue weighted by atomic mass is 19.4. The number of aliphatic carboxylic acids is 1. The van der Waals surface area contributed by atoms with Gasteiger partial charge in [0.05, 0.1) is 5.56 Å². The number of anilines is 1. The number of nitrogens with zero attached hydrogens (tertiary/aromatic N) is 2. The summed E-state index contributed by atoms with van der Waals surface area (Å²) < 4.78 is 82.7. The first-order chi connectivity index (χ1) is 17.2.